The van der Waals surface area contributed by atoms with Gasteiger partial charge >= 0.3 is 0 Å². The van der Waals surface area contributed by atoms with Crippen LogP contribution in [0.2, 0.25) is 0 Å². The van der Waals surface area contributed by atoms with Crippen LogP contribution in [-0.4, -0.2) is 35.4 Å². The number of aromatic nitrogens is 1. The van der Waals surface area contributed by atoms with Gasteiger partial charge in [-0.15, -0.1) is 36.2 Å². The van der Waals surface area contributed by atoms with Gasteiger partial charge in [-0.2, -0.15) is 0 Å². The van der Waals surface area contributed by atoms with Crippen molar-refractivity contribution in [3.05, 3.63) is 29.7 Å². The zero-order valence-corrected chi connectivity index (χ0v) is 13.7. The number of hydrogen-bond acceptors (Lipinski definition) is 5. The monoisotopic (exact) mass is 349 g/mol. The van der Waals surface area contributed by atoms with Crippen molar-refractivity contribution < 1.29 is 9.21 Å². The van der Waals surface area contributed by atoms with Gasteiger partial charge in [0.25, 0.3) is 5.91 Å². The van der Waals surface area contributed by atoms with Gasteiger partial charge in [0.1, 0.15) is 17.0 Å². The molecule has 1 fully saturated rings. The predicted molar refractivity (Wildman–Crippen MR) is 87.4 cm³/mol. The average Bonchev–Trinajstić information content (AvgIpc) is 3.16. The molecule has 21 heavy (non-hydrogen) atoms. The molecule has 1 unspecified atom stereocenters. The number of carbonyl (C=O) groups excluding carboxylic acids is 1. The van der Waals surface area contributed by atoms with Crippen molar-refractivity contribution >= 4 is 42.1 Å². The van der Waals surface area contributed by atoms with Crippen LogP contribution >= 0.6 is 36.2 Å². The van der Waals surface area contributed by atoms with E-state index < -0.39 is 0 Å². The molecule has 2 N–H and O–H groups in total. The van der Waals surface area contributed by atoms with E-state index in [4.69, 9.17) is 10.2 Å². The number of hydrogen-bond donors (Lipinski definition) is 1. The molecular formula is C13H17Cl2N3O2S. The minimum Gasteiger partial charge on any atom is -0.472 e. The predicted octanol–water partition coefficient (Wildman–Crippen LogP) is 2.67. The number of nitrogens with zero attached hydrogens (tertiary/aromatic N) is 2. The van der Waals surface area contributed by atoms with Gasteiger partial charge in [0.2, 0.25) is 0 Å². The lowest BCUT2D eigenvalue weighted by Crippen LogP contribution is -2.30. The molecule has 3 heterocycles. The van der Waals surface area contributed by atoms with Crippen LogP contribution in [-0.2, 0) is 0 Å². The van der Waals surface area contributed by atoms with Gasteiger partial charge < -0.3 is 15.1 Å². The van der Waals surface area contributed by atoms with E-state index in [9.17, 15) is 4.79 Å². The lowest BCUT2D eigenvalue weighted by molar-refractivity contribution is 0.0783. The summed E-state index contributed by atoms with van der Waals surface area (Å²) in [6.07, 6.45) is 4.22. The van der Waals surface area contributed by atoms with E-state index in [-0.39, 0.29) is 30.7 Å². The normalized spacial score (nSPS) is 17.2. The molecule has 3 rings (SSSR count). The minimum absolute atomic E-state index is 0. The van der Waals surface area contributed by atoms with Crippen molar-refractivity contribution in [1.29, 1.82) is 0 Å². The molecule has 0 bridgehead atoms. The van der Waals surface area contributed by atoms with Crippen LogP contribution in [0.15, 0.2) is 28.4 Å². The largest absolute Gasteiger partial charge is 0.472 e. The summed E-state index contributed by atoms with van der Waals surface area (Å²) in [4.78, 5) is 18.5. The van der Waals surface area contributed by atoms with E-state index in [2.05, 4.69) is 4.98 Å². The van der Waals surface area contributed by atoms with Crippen molar-refractivity contribution in [2.45, 2.75) is 6.42 Å². The van der Waals surface area contributed by atoms with Crippen LogP contribution in [0.5, 0.6) is 0 Å². The first-order valence-corrected chi connectivity index (χ1v) is 7.13. The number of likely N-dealkylation sites (tertiary alicyclic amines) is 1. The molecule has 1 atom stereocenters. The number of nitrogens with two attached hydrogens (primary N) is 1. The summed E-state index contributed by atoms with van der Waals surface area (Å²) < 4.78 is 5.02. The number of carbonyl (C=O) groups is 1. The maximum absolute atomic E-state index is 12.3. The minimum atomic E-state index is 0. The maximum atomic E-state index is 12.3. The van der Waals surface area contributed by atoms with Crippen molar-refractivity contribution in [2.24, 2.45) is 11.7 Å². The molecule has 2 aromatic rings. The zero-order chi connectivity index (χ0) is 13.2. The van der Waals surface area contributed by atoms with E-state index >= 15 is 0 Å². The first-order chi connectivity index (χ1) is 9.28. The third-order valence-electron chi connectivity index (χ3n) is 3.40. The molecule has 0 radical (unpaired) electrons. The Bertz CT molecular complexity index is 574. The quantitative estimate of drug-likeness (QED) is 0.924. The molecule has 116 valence electrons. The Morgan fingerprint density at radius 3 is 2.95 bits per heavy atom. The van der Waals surface area contributed by atoms with Crippen LogP contribution in [0.3, 0.4) is 0 Å². The number of halogens is 2. The summed E-state index contributed by atoms with van der Waals surface area (Å²) in [7, 11) is 0. The van der Waals surface area contributed by atoms with Gasteiger partial charge in [0.05, 0.1) is 6.26 Å². The van der Waals surface area contributed by atoms with Crippen molar-refractivity contribution in [3.8, 4) is 10.6 Å². The summed E-state index contributed by atoms with van der Waals surface area (Å²) in [6, 6.07) is 1.84. The molecule has 1 aliphatic heterocycles. The summed E-state index contributed by atoms with van der Waals surface area (Å²) >= 11 is 1.46. The van der Waals surface area contributed by atoms with Crippen LogP contribution in [0.1, 0.15) is 16.9 Å². The number of rotatable bonds is 3. The molecule has 1 aliphatic rings. The highest BCUT2D eigenvalue weighted by molar-refractivity contribution is 7.13. The molecular weight excluding hydrogens is 333 g/mol. The Kier molecular flexibility index (Phi) is 6.67. The SMILES string of the molecule is Cl.Cl.NCC1CCN(C(=O)c2csc(-c3ccoc3)n2)C1. The number of amides is 1. The number of thiazole rings is 1. The van der Waals surface area contributed by atoms with Crippen LogP contribution in [0, 0.1) is 5.92 Å². The fourth-order valence-electron chi connectivity index (χ4n) is 2.26. The Labute approximate surface area is 139 Å². The molecule has 1 amide bonds. The van der Waals surface area contributed by atoms with Crippen molar-refractivity contribution in [2.75, 3.05) is 19.6 Å². The van der Waals surface area contributed by atoms with Crippen molar-refractivity contribution in [1.82, 2.24) is 9.88 Å². The topological polar surface area (TPSA) is 72.4 Å². The third-order valence-corrected chi connectivity index (χ3v) is 4.29. The Hall–Kier alpha value is -1.08. The molecule has 2 aromatic heterocycles. The van der Waals surface area contributed by atoms with E-state index in [0.717, 1.165) is 30.1 Å². The summed E-state index contributed by atoms with van der Waals surface area (Å²) in [5.41, 5.74) is 7.06. The van der Waals surface area contributed by atoms with Gasteiger partial charge in [-0.05, 0) is 24.9 Å². The first kappa shape index (κ1) is 18.0. The highest BCUT2D eigenvalue weighted by atomic mass is 35.5. The standard InChI is InChI=1S/C13H15N3O2S.2ClH/c14-5-9-1-3-16(6-9)13(17)11-8-19-12(15-11)10-2-4-18-7-10;;/h2,4,7-9H,1,3,5-6,14H2;2*1H. The Balaban J connectivity index is 0.00000110. The van der Waals surface area contributed by atoms with Gasteiger partial charge in [-0.1, -0.05) is 0 Å². The van der Waals surface area contributed by atoms with Gasteiger partial charge in [0.15, 0.2) is 0 Å². The summed E-state index contributed by atoms with van der Waals surface area (Å²) in [5.74, 6) is 0.429. The smallest absolute Gasteiger partial charge is 0.273 e. The molecule has 0 aliphatic carbocycles. The molecule has 5 nitrogen and oxygen atoms in total. The average molecular weight is 350 g/mol. The zero-order valence-electron chi connectivity index (χ0n) is 11.2. The van der Waals surface area contributed by atoms with Crippen LogP contribution in [0.4, 0.5) is 0 Å². The fraction of sp³-hybridized carbons (Fsp3) is 0.385. The van der Waals surface area contributed by atoms with E-state index in [1.807, 2.05) is 11.0 Å². The second kappa shape index (κ2) is 7.79. The second-order valence-electron chi connectivity index (χ2n) is 4.69. The highest BCUT2D eigenvalue weighted by Gasteiger charge is 2.27. The first-order valence-electron chi connectivity index (χ1n) is 6.25. The molecule has 0 aromatic carbocycles. The van der Waals surface area contributed by atoms with Crippen LogP contribution in [0.25, 0.3) is 10.6 Å². The van der Waals surface area contributed by atoms with Crippen molar-refractivity contribution in [3.63, 3.8) is 0 Å². The summed E-state index contributed by atoms with van der Waals surface area (Å²) in [6.45, 7) is 2.16. The lowest BCUT2D eigenvalue weighted by atomic mass is 10.1. The molecule has 0 spiro atoms. The number of furan rings is 1. The maximum Gasteiger partial charge on any atom is 0.273 e. The van der Waals surface area contributed by atoms with Gasteiger partial charge in [0, 0.05) is 24.0 Å². The Morgan fingerprint density at radius 1 is 1.52 bits per heavy atom. The fourth-order valence-corrected chi connectivity index (χ4v) is 3.04. The third kappa shape index (κ3) is 3.77. The van der Waals surface area contributed by atoms with Gasteiger partial charge in [-0.25, -0.2) is 4.98 Å². The van der Waals surface area contributed by atoms with E-state index in [1.165, 1.54) is 11.3 Å². The van der Waals surface area contributed by atoms with Crippen LogP contribution < -0.4 is 5.73 Å². The molecule has 1 saturated heterocycles. The highest BCUT2D eigenvalue weighted by Crippen LogP contribution is 2.25. The molecule has 8 heteroatoms. The lowest BCUT2D eigenvalue weighted by Gasteiger charge is -2.14. The Morgan fingerprint density at radius 2 is 2.33 bits per heavy atom. The van der Waals surface area contributed by atoms with E-state index in [1.54, 1.807) is 17.9 Å². The summed E-state index contributed by atoms with van der Waals surface area (Å²) in [5, 5.41) is 2.62. The second-order valence-corrected chi connectivity index (χ2v) is 5.55. The van der Waals surface area contributed by atoms with E-state index in [0.29, 0.717) is 18.2 Å². The molecule has 0 saturated carbocycles. The van der Waals surface area contributed by atoms with Gasteiger partial charge in [-0.3, -0.25) is 4.79 Å².